The fourth-order valence-corrected chi connectivity index (χ4v) is 2.48. The van der Waals surface area contributed by atoms with Crippen LogP contribution in [0.3, 0.4) is 0 Å². The van der Waals surface area contributed by atoms with Crippen LogP contribution in [0.15, 0.2) is 70.2 Å². The van der Waals surface area contributed by atoms with E-state index >= 15 is 0 Å². The Kier molecular flexibility index (Phi) is 2.78. The maximum absolute atomic E-state index is 8.49. The summed E-state index contributed by atoms with van der Waals surface area (Å²) in [7, 11) is 0. The second kappa shape index (κ2) is 4.91. The highest BCUT2D eigenvalue weighted by Crippen LogP contribution is 2.29. The summed E-state index contributed by atoms with van der Waals surface area (Å²) in [4.78, 5) is 7.26. The summed E-state index contributed by atoms with van der Waals surface area (Å²) < 4.78 is 5.79. The molecule has 0 saturated heterocycles. The molecule has 5 heteroatoms. The van der Waals surface area contributed by atoms with E-state index in [0.29, 0.717) is 22.7 Å². The molecule has 1 heterocycles. The van der Waals surface area contributed by atoms with Crippen LogP contribution in [0.2, 0.25) is 0 Å². The fourth-order valence-electron chi connectivity index (χ4n) is 2.48. The Morgan fingerprint density at radius 2 is 1.82 bits per heavy atom. The maximum atomic E-state index is 8.49. The molecule has 0 radical (unpaired) electrons. The van der Waals surface area contributed by atoms with Crippen molar-refractivity contribution in [2.24, 2.45) is 5.11 Å². The molecule has 0 aliphatic heterocycles. The van der Waals surface area contributed by atoms with Gasteiger partial charge < -0.3 is 4.42 Å². The minimum Gasteiger partial charge on any atom is -0.436 e. The van der Waals surface area contributed by atoms with Crippen molar-refractivity contribution in [1.29, 1.82) is 0 Å². The molecule has 4 aromatic rings. The second-order valence-electron chi connectivity index (χ2n) is 4.92. The number of hydrogen-bond acceptors (Lipinski definition) is 3. The molecule has 0 aliphatic rings. The monoisotopic (exact) mass is 286 g/mol. The number of aromatic nitrogens is 1. The normalized spacial score (nSPS) is 10.7. The zero-order valence-corrected chi connectivity index (χ0v) is 11.5. The Labute approximate surface area is 125 Å². The molecule has 0 bridgehead atoms. The molecule has 0 unspecified atom stereocenters. The van der Waals surface area contributed by atoms with Gasteiger partial charge in [-0.15, -0.1) is 0 Å². The molecule has 104 valence electrons. The number of nitrogens with zero attached hydrogens (tertiary/aromatic N) is 4. The number of hydrogen-bond donors (Lipinski definition) is 0. The average Bonchev–Trinajstić information content (AvgIpc) is 2.98. The lowest BCUT2D eigenvalue weighted by atomic mass is 10.1. The maximum Gasteiger partial charge on any atom is 0.227 e. The molecule has 4 rings (SSSR count). The predicted octanol–water partition coefficient (Wildman–Crippen LogP) is 5.59. The van der Waals surface area contributed by atoms with E-state index in [1.807, 2.05) is 30.3 Å². The van der Waals surface area contributed by atoms with E-state index in [-0.39, 0.29) is 0 Å². The summed E-state index contributed by atoms with van der Waals surface area (Å²) in [6.45, 7) is 0. The molecule has 0 aliphatic carbocycles. The highest BCUT2D eigenvalue weighted by molar-refractivity contribution is 5.87. The van der Waals surface area contributed by atoms with E-state index in [4.69, 9.17) is 9.95 Å². The molecule has 0 saturated carbocycles. The smallest absolute Gasteiger partial charge is 0.227 e. The van der Waals surface area contributed by atoms with Gasteiger partial charge in [0.2, 0.25) is 5.89 Å². The first-order valence-electron chi connectivity index (χ1n) is 6.78. The van der Waals surface area contributed by atoms with E-state index < -0.39 is 0 Å². The van der Waals surface area contributed by atoms with Crippen molar-refractivity contribution < 1.29 is 4.42 Å². The van der Waals surface area contributed by atoms with E-state index in [1.54, 1.807) is 18.2 Å². The summed E-state index contributed by atoms with van der Waals surface area (Å²) >= 11 is 0. The van der Waals surface area contributed by atoms with E-state index in [1.165, 1.54) is 5.39 Å². The first-order valence-corrected chi connectivity index (χ1v) is 6.78. The number of fused-ring (bicyclic) bond motifs is 2. The van der Waals surface area contributed by atoms with Gasteiger partial charge in [-0.1, -0.05) is 35.4 Å². The SMILES string of the molecule is [N-]=[N+]=Nc1ccc2oc(-c3ccc4ccccc4c3)nc2c1. The molecule has 1 aromatic heterocycles. The van der Waals surface area contributed by atoms with Gasteiger partial charge in [0.25, 0.3) is 0 Å². The Hall–Kier alpha value is -3.30. The first-order chi connectivity index (χ1) is 10.8. The van der Waals surface area contributed by atoms with Crippen LogP contribution in [-0.2, 0) is 0 Å². The van der Waals surface area contributed by atoms with Gasteiger partial charge in [-0.25, -0.2) is 4.98 Å². The third-order valence-corrected chi connectivity index (χ3v) is 3.53. The third kappa shape index (κ3) is 2.06. The first kappa shape index (κ1) is 12.4. The standard InChI is InChI=1S/C17H10N4O/c18-21-20-14-7-8-16-15(10-14)19-17(22-16)13-6-5-11-3-1-2-4-12(11)9-13/h1-10H. The molecule has 0 spiro atoms. The Bertz CT molecular complexity index is 1040. The summed E-state index contributed by atoms with van der Waals surface area (Å²) in [5.74, 6) is 0.554. The van der Waals surface area contributed by atoms with Crippen molar-refractivity contribution >= 4 is 27.6 Å². The van der Waals surface area contributed by atoms with E-state index in [9.17, 15) is 0 Å². The number of oxazole rings is 1. The molecular formula is C17H10N4O. The Morgan fingerprint density at radius 1 is 0.955 bits per heavy atom. The minimum absolute atomic E-state index is 0.522. The highest BCUT2D eigenvalue weighted by Gasteiger charge is 2.09. The Balaban J connectivity index is 1.86. The number of azide groups is 1. The quantitative estimate of drug-likeness (QED) is 0.273. The zero-order valence-electron chi connectivity index (χ0n) is 11.5. The molecule has 0 fully saturated rings. The molecule has 0 N–H and O–H groups in total. The Morgan fingerprint density at radius 3 is 2.68 bits per heavy atom. The fraction of sp³-hybridized carbons (Fsp3) is 0. The van der Waals surface area contributed by atoms with Gasteiger partial charge in [0, 0.05) is 16.2 Å². The second-order valence-corrected chi connectivity index (χ2v) is 4.92. The predicted molar refractivity (Wildman–Crippen MR) is 85.8 cm³/mol. The van der Waals surface area contributed by atoms with Gasteiger partial charge in [0.05, 0.1) is 0 Å². The van der Waals surface area contributed by atoms with Crippen LogP contribution < -0.4 is 0 Å². The van der Waals surface area contributed by atoms with Gasteiger partial charge in [-0.2, -0.15) is 0 Å². The molecular weight excluding hydrogens is 276 g/mol. The van der Waals surface area contributed by atoms with Crippen LogP contribution in [0.25, 0.3) is 43.8 Å². The number of benzene rings is 3. The van der Waals surface area contributed by atoms with Gasteiger partial charge in [-0.05, 0) is 46.6 Å². The summed E-state index contributed by atoms with van der Waals surface area (Å²) in [6, 6.07) is 19.4. The van der Waals surface area contributed by atoms with Crippen LogP contribution >= 0.6 is 0 Å². The van der Waals surface area contributed by atoms with E-state index in [2.05, 4.69) is 27.1 Å². The van der Waals surface area contributed by atoms with Gasteiger partial charge >= 0.3 is 0 Å². The van der Waals surface area contributed by atoms with Crippen LogP contribution in [0.4, 0.5) is 5.69 Å². The lowest BCUT2D eigenvalue weighted by Gasteiger charge is -1.99. The molecule has 22 heavy (non-hydrogen) atoms. The van der Waals surface area contributed by atoms with Gasteiger partial charge in [-0.3, -0.25) is 0 Å². The van der Waals surface area contributed by atoms with Crippen LogP contribution in [0.5, 0.6) is 0 Å². The molecule has 3 aromatic carbocycles. The van der Waals surface area contributed by atoms with Crippen LogP contribution in [-0.4, -0.2) is 4.98 Å². The topological polar surface area (TPSA) is 74.8 Å². The van der Waals surface area contributed by atoms with E-state index in [0.717, 1.165) is 10.9 Å². The summed E-state index contributed by atoms with van der Waals surface area (Å²) in [6.07, 6.45) is 0. The van der Waals surface area contributed by atoms with Crippen LogP contribution in [0.1, 0.15) is 0 Å². The van der Waals surface area contributed by atoms with Crippen molar-refractivity contribution in [1.82, 2.24) is 4.98 Å². The lowest BCUT2D eigenvalue weighted by molar-refractivity contribution is 0.620. The highest BCUT2D eigenvalue weighted by atomic mass is 16.3. The van der Waals surface area contributed by atoms with Crippen molar-refractivity contribution in [3.8, 4) is 11.5 Å². The zero-order chi connectivity index (χ0) is 14.9. The van der Waals surface area contributed by atoms with Crippen molar-refractivity contribution in [3.63, 3.8) is 0 Å². The molecule has 0 amide bonds. The van der Waals surface area contributed by atoms with Gasteiger partial charge in [0.15, 0.2) is 5.58 Å². The third-order valence-electron chi connectivity index (χ3n) is 3.53. The van der Waals surface area contributed by atoms with Crippen molar-refractivity contribution in [2.45, 2.75) is 0 Å². The minimum atomic E-state index is 0.522. The van der Waals surface area contributed by atoms with Crippen molar-refractivity contribution in [2.75, 3.05) is 0 Å². The number of rotatable bonds is 2. The molecule has 5 nitrogen and oxygen atoms in total. The largest absolute Gasteiger partial charge is 0.436 e. The van der Waals surface area contributed by atoms with Crippen LogP contribution in [0, 0.1) is 0 Å². The van der Waals surface area contributed by atoms with Gasteiger partial charge in [0.1, 0.15) is 5.52 Å². The summed E-state index contributed by atoms with van der Waals surface area (Å²) in [5.41, 5.74) is 11.3. The average molecular weight is 286 g/mol. The molecule has 0 atom stereocenters. The summed E-state index contributed by atoms with van der Waals surface area (Å²) in [5, 5.41) is 5.89. The lowest BCUT2D eigenvalue weighted by Crippen LogP contribution is -1.78. The van der Waals surface area contributed by atoms with Crippen molar-refractivity contribution in [3.05, 3.63) is 71.1 Å².